The van der Waals surface area contributed by atoms with Crippen LogP contribution in [0.3, 0.4) is 0 Å². The zero-order valence-corrected chi connectivity index (χ0v) is 11.0. The molecule has 0 aliphatic carbocycles. The Kier molecular flexibility index (Phi) is 3.14. The van der Waals surface area contributed by atoms with E-state index in [9.17, 15) is 5.11 Å². The number of hydrogen-bond donors (Lipinski definition) is 2. The summed E-state index contributed by atoms with van der Waals surface area (Å²) in [5.74, 6) is 0.259. The van der Waals surface area contributed by atoms with Crippen LogP contribution < -0.4 is 5.32 Å². The van der Waals surface area contributed by atoms with Crippen LogP contribution in [0.25, 0.3) is 0 Å². The minimum absolute atomic E-state index is 0.259. The molecule has 1 unspecified atom stereocenters. The maximum atomic E-state index is 11.0. The third-order valence-corrected chi connectivity index (χ3v) is 4.48. The molecule has 0 spiro atoms. The molecule has 1 saturated heterocycles. The molecule has 0 amide bonds. The van der Waals surface area contributed by atoms with E-state index in [-0.39, 0.29) is 5.92 Å². The third-order valence-electron chi connectivity index (χ3n) is 4.48. The number of likely N-dealkylation sites (N-methyl/N-ethyl adjacent to an activating group) is 1. The van der Waals surface area contributed by atoms with Gasteiger partial charge in [0.2, 0.25) is 0 Å². The van der Waals surface area contributed by atoms with Gasteiger partial charge in [-0.2, -0.15) is 0 Å². The standard InChI is InChI=1S/C15H22N2O/c1-17-10-12-4-2-3-5-13(12)14(11-17)15(18)6-8-16-9-7-15/h2-5,14,16,18H,6-11H2,1H3. The zero-order valence-electron chi connectivity index (χ0n) is 11.0. The van der Waals surface area contributed by atoms with Crippen molar-refractivity contribution >= 4 is 0 Å². The van der Waals surface area contributed by atoms with Crippen molar-refractivity contribution in [2.45, 2.75) is 30.9 Å². The van der Waals surface area contributed by atoms with Crippen molar-refractivity contribution in [3.8, 4) is 0 Å². The number of piperidine rings is 1. The molecule has 2 aliphatic rings. The number of hydrogen-bond acceptors (Lipinski definition) is 3. The van der Waals surface area contributed by atoms with Crippen LogP contribution in [0.5, 0.6) is 0 Å². The van der Waals surface area contributed by atoms with E-state index in [1.54, 1.807) is 0 Å². The predicted molar refractivity (Wildman–Crippen MR) is 72.6 cm³/mol. The molecule has 3 rings (SSSR count). The molecule has 0 saturated carbocycles. The maximum absolute atomic E-state index is 11.0. The molecule has 0 aromatic heterocycles. The molecule has 1 aromatic carbocycles. The van der Waals surface area contributed by atoms with Gasteiger partial charge in [0, 0.05) is 19.0 Å². The Labute approximate surface area is 109 Å². The van der Waals surface area contributed by atoms with E-state index in [0.29, 0.717) is 0 Å². The monoisotopic (exact) mass is 246 g/mol. The Morgan fingerprint density at radius 1 is 1.28 bits per heavy atom. The van der Waals surface area contributed by atoms with Gasteiger partial charge in [-0.05, 0) is 44.1 Å². The van der Waals surface area contributed by atoms with Crippen LogP contribution in [0.15, 0.2) is 24.3 Å². The number of rotatable bonds is 1. The van der Waals surface area contributed by atoms with E-state index in [2.05, 4.69) is 41.5 Å². The Morgan fingerprint density at radius 3 is 2.78 bits per heavy atom. The second-order valence-corrected chi connectivity index (χ2v) is 5.80. The number of aliphatic hydroxyl groups is 1. The lowest BCUT2D eigenvalue weighted by molar-refractivity contribution is -0.0278. The molecule has 98 valence electrons. The first-order valence-electron chi connectivity index (χ1n) is 6.88. The van der Waals surface area contributed by atoms with Gasteiger partial charge >= 0.3 is 0 Å². The predicted octanol–water partition coefficient (Wildman–Crippen LogP) is 1.33. The SMILES string of the molecule is CN1Cc2ccccc2C(C2(O)CCNCC2)C1. The largest absolute Gasteiger partial charge is 0.389 e. The molecule has 0 bridgehead atoms. The summed E-state index contributed by atoms with van der Waals surface area (Å²) in [6.07, 6.45) is 1.72. The van der Waals surface area contributed by atoms with Gasteiger partial charge in [-0.25, -0.2) is 0 Å². The fourth-order valence-electron chi connectivity index (χ4n) is 3.45. The van der Waals surface area contributed by atoms with Crippen molar-refractivity contribution in [1.29, 1.82) is 0 Å². The second kappa shape index (κ2) is 4.65. The Balaban J connectivity index is 1.96. The summed E-state index contributed by atoms with van der Waals surface area (Å²) < 4.78 is 0. The van der Waals surface area contributed by atoms with Crippen molar-refractivity contribution in [2.75, 3.05) is 26.7 Å². The molecule has 18 heavy (non-hydrogen) atoms. The van der Waals surface area contributed by atoms with E-state index < -0.39 is 5.60 Å². The summed E-state index contributed by atoms with van der Waals surface area (Å²) in [6.45, 7) is 3.83. The lowest BCUT2D eigenvalue weighted by Crippen LogP contribution is -2.50. The Morgan fingerprint density at radius 2 is 2.00 bits per heavy atom. The van der Waals surface area contributed by atoms with Crippen LogP contribution in [0.1, 0.15) is 29.9 Å². The van der Waals surface area contributed by atoms with E-state index >= 15 is 0 Å². The normalized spacial score (nSPS) is 27.8. The van der Waals surface area contributed by atoms with Crippen LogP contribution >= 0.6 is 0 Å². The maximum Gasteiger partial charge on any atom is 0.0752 e. The van der Waals surface area contributed by atoms with E-state index in [4.69, 9.17) is 0 Å². The van der Waals surface area contributed by atoms with E-state index in [0.717, 1.165) is 39.0 Å². The van der Waals surface area contributed by atoms with Gasteiger partial charge in [0.25, 0.3) is 0 Å². The van der Waals surface area contributed by atoms with Crippen molar-refractivity contribution < 1.29 is 5.11 Å². The first-order valence-corrected chi connectivity index (χ1v) is 6.88. The van der Waals surface area contributed by atoms with Crippen molar-refractivity contribution in [2.24, 2.45) is 0 Å². The fourth-order valence-corrected chi connectivity index (χ4v) is 3.45. The van der Waals surface area contributed by atoms with Crippen molar-refractivity contribution in [3.05, 3.63) is 35.4 Å². The van der Waals surface area contributed by atoms with Crippen LogP contribution in [-0.2, 0) is 6.54 Å². The molecular weight excluding hydrogens is 224 g/mol. The van der Waals surface area contributed by atoms with Gasteiger partial charge < -0.3 is 15.3 Å². The first kappa shape index (κ1) is 12.2. The molecule has 1 fully saturated rings. The summed E-state index contributed by atoms with van der Waals surface area (Å²) in [7, 11) is 2.15. The molecule has 2 heterocycles. The summed E-state index contributed by atoms with van der Waals surface area (Å²) in [4.78, 5) is 2.33. The average molecular weight is 246 g/mol. The summed E-state index contributed by atoms with van der Waals surface area (Å²) in [5.41, 5.74) is 2.21. The average Bonchev–Trinajstić information content (AvgIpc) is 2.38. The number of benzene rings is 1. The van der Waals surface area contributed by atoms with Gasteiger partial charge in [-0.15, -0.1) is 0 Å². The summed E-state index contributed by atoms with van der Waals surface area (Å²) in [6, 6.07) is 8.60. The van der Waals surface area contributed by atoms with Gasteiger partial charge in [0.05, 0.1) is 5.60 Å². The van der Waals surface area contributed by atoms with Gasteiger partial charge in [0.15, 0.2) is 0 Å². The Hall–Kier alpha value is -0.900. The quantitative estimate of drug-likeness (QED) is 0.785. The minimum atomic E-state index is -0.532. The second-order valence-electron chi connectivity index (χ2n) is 5.80. The minimum Gasteiger partial charge on any atom is -0.389 e. The molecular formula is C15H22N2O. The number of nitrogens with one attached hydrogen (secondary N) is 1. The van der Waals surface area contributed by atoms with Crippen LogP contribution in [0.4, 0.5) is 0 Å². The molecule has 3 heteroatoms. The van der Waals surface area contributed by atoms with E-state index in [1.165, 1.54) is 11.1 Å². The molecule has 1 atom stereocenters. The lowest BCUT2D eigenvalue weighted by Gasteiger charge is -2.44. The van der Waals surface area contributed by atoms with Gasteiger partial charge in [0.1, 0.15) is 0 Å². The van der Waals surface area contributed by atoms with Crippen LogP contribution in [0.2, 0.25) is 0 Å². The summed E-state index contributed by atoms with van der Waals surface area (Å²) in [5, 5.41) is 14.3. The van der Waals surface area contributed by atoms with Crippen molar-refractivity contribution in [1.82, 2.24) is 10.2 Å². The van der Waals surface area contributed by atoms with E-state index in [1.807, 2.05) is 0 Å². The summed E-state index contributed by atoms with van der Waals surface area (Å²) >= 11 is 0. The third kappa shape index (κ3) is 2.07. The van der Waals surface area contributed by atoms with Gasteiger partial charge in [-0.3, -0.25) is 0 Å². The molecule has 2 aliphatic heterocycles. The molecule has 2 N–H and O–H groups in total. The molecule has 3 nitrogen and oxygen atoms in total. The highest BCUT2D eigenvalue weighted by Gasteiger charge is 2.41. The highest BCUT2D eigenvalue weighted by molar-refractivity contribution is 5.35. The zero-order chi connectivity index (χ0) is 12.6. The Bertz CT molecular complexity index is 426. The smallest absolute Gasteiger partial charge is 0.0752 e. The van der Waals surface area contributed by atoms with Crippen molar-refractivity contribution in [3.63, 3.8) is 0 Å². The highest BCUT2D eigenvalue weighted by Crippen LogP contribution is 2.39. The van der Waals surface area contributed by atoms with Crippen LogP contribution in [0, 0.1) is 0 Å². The highest BCUT2D eigenvalue weighted by atomic mass is 16.3. The molecule has 1 aromatic rings. The van der Waals surface area contributed by atoms with Crippen LogP contribution in [-0.4, -0.2) is 42.3 Å². The number of nitrogens with zero attached hydrogens (tertiary/aromatic N) is 1. The molecule has 0 radical (unpaired) electrons. The van der Waals surface area contributed by atoms with Gasteiger partial charge in [-0.1, -0.05) is 24.3 Å². The number of fused-ring (bicyclic) bond motifs is 1. The fraction of sp³-hybridized carbons (Fsp3) is 0.600. The topological polar surface area (TPSA) is 35.5 Å². The first-order chi connectivity index (χ1) is 8.69. The lowest BCUT2D eigenvalue weighted by atomic mass is 9.73.